The molecule has 2 aromatic rings. The van der Waals surface area contributed by atoms with Gasteiger partial charge in [-0.3, -0.25) is 0 Å². The number of benzene rings is 1. The zero-order valence-electron chi connectivity index (χ0n) is 11.8. The molecular weight excluding hydrogens is 276 g/mol. The molecule has 0 bridgehead atoms. The summed E-state index contributed by atoms with van der Waals surface area (Å²) in [6.45, 7) is 2.67. The number of ether oxygens (including phenoxy) is 1. The lowest BCUT2D eigenvalue weighted by atomic mass is 10.2. The van der Waals surface area contributed by atoms with E-state index in [1.54, 1.807) is 0 Å². The van der Waals surface area contributed by atoms with E-state index in [1.165, 1.54) is 25.0 Å². The highest BCUT2D eigenvalue weighted by Crippen LogP contribution is 2.23. The minimum Gasteiger partial charge on any atom is -0.486 e. The van der Waals surface area contributed by atoms with Crippen LogP contribution in [0.1, 0.15) is 29.9 Å². The molecule has 3 rings (SSSR count). The van der Waals surface area contributed by atoms with Crippen LogP contribution in [-0.4, -0.2) is 6.04 Å². The number of rotatable bonds is 6. The van der Waals surface area contributed by atoms with Gasteiger partial charge in [0.15, 0.2) is 11.6 Å². The molecule has 0 saturated heterocycles. The van der Waals surface area contributed by atoms with Crippen LogP contribution in [-0.2, 0) is 13.2 Å². The second-order valence-corrected chi connectivity index (χ2v) is 5.29. The summed E-state index contributed by atoms with van der Waals surface area (Å²) in [5, 5.41) is 3.36. The molecule has 0 aliphatic heterocycles. The van der Waals surface area contributed by atoms with Crippen molar-refractivity contribution in [2.75, 3.05) is 0 Å². The van der Waals surface area contributed by atoms with Gasteiger partial charge in [0.05, 0.1) is 6.54 Å². The van der Waals surface area contributed by atoms with Crippen molar-refractivity contribution in [1.29, 1.82) is 0 Å². The lowest BCUT2D eigenvalue weighted by Gasteiger charge is -2.06. The summed E-state index contributed by atoms with van der Waals surface area (Å²) in [6.07, 6.45) is 2.43. The van der Waals surface area contributed by atoms with Crippen molar-refractivity contribution in [3.05, 3.63) is 53.0 Å². The molecule has 1 N–H and O–H groups in total. The van der Waals surface area contributed by atoms with Crippen LogP contribution in [0.5, 0.6) is 5.75 Å². The van der Waals surface area contributed by atoms with Crippen LogP contribution in [0.25, 0.3) is 0 Å². The molecule has 1 saturated carbocycles. The summed E-state index contributed by atoms with van der Waals surface area (Å²) in [5.74, 6) is -0.398. The largest absolute Gasteiger partial charge is 0.486 e. The van der Waals surface area contributed by atoms with Gasteiger partial charge in [-0.1, -0.05) is 6.07 Å². The SMILES string of the molecule is Cc1oc(CNC2CC2)cc1COc1cccc(F)c1F. The second-order valence-electron chi connectivity index (χ2n) is 5.29. The number of hydrogen-bond donors (Lipinski definition) is 1. The first-order valence-electron chi connectivity index (χ1n) is 7.02. The predicted octanol–water partition coefficient (Wildman–Crippen LogP) is 3.70. The molecule has 112 valence electrons. The minimum atomic E-state index is -0.964. The highest BCUT2D eigenvalue weighted by atomic mass is 19.2. The topological polar surface area (TPSA) is 34.4 Å². The summed E-state index contributed by atoms with van der Waals surface area (Å²) in [6, 6.07) is 6.38. The molecule has 0 atom stereocenters. The average Bonchev–Trinajstić information content (AvgIpc) is 3.22. The van der Waals surface area contributed by atoms with E-state index in [-0.39, 0.29) is 12.4 Å². The van der Waals surface area contributed by atoms with Crippen molar-refractivity contribution in [3.8, 4) is 5.75 Å². The van der Waals surface area contributed by atoms with Gasteiger partial charge in [0.1, 0.15) is 18.1 Å². The third kappa shape index (κ3) is 3.42. The Balaban J connectivity index is 1.62. The van der Waals surface area contributed by atoms with Crippen molar-refractivity contribution < 1.29 is 17.9 Å². The summed E-state index contributed by atoms with van der Waals surface area (Å²) < 4.78 is 37.5. The molecule has 1 aliphatic rings. The van der Waals surface area contributed by atoms with Crippen molar-refractivity contribution in [1.82, 2.24) is 5.32 Å². The van der Waals surface area contributed by atoms with Crippen molar-refractivity contribution in [2.24, 2.45) is 0 Å². The highest BCUT2D eigenvalue weighted by Gasteiger charge is 2.21. The fourth-order valence-corrected chi connectivity index (χ4v) is 2.10. The quantitative estimate of drug-likeness (QED) is 0.882. The first kappa shape index (κ1) is 14.1. The Morgan fingerprint density at radius 3 is 2.90 bits per heavy atom. The molecule has 0 spiro atoms. The summed E-state index contributed by atoms with van der Waals surface area (Å²) in [7, 11) is 0. The fourth-order valence-electron chi connectivity index (χ4n) is 2.10. The third-order valence-corrected chi connectivity index (χ3v) is 3.51. The molecule has 0 radical (unpaired) electrons. The van der Waals surface area contributed by atoms with Gasteiger partial charge >= 0.3 is 0 Å². The lowest BCUT2D eigenvalue weighted by molar-refractivity contribution is 0.282. The van der Waals surface area contributed by atoms with Gasteiger partial charge in [-0.25, -0.2) is 4.39 Å². The first-order chi connectivity index (χ1) is 10.1. The van der Waals surface area contributed by atoms with E-state index in [1.807, 2.05) is 13.0 Å². The molecule has 1 aromatic heterocycles. The van der Waals surface area contributed by atoms with Gasteiger partial charge in [0, 0.05) is 11.6 Å². The van der Waals surface area contributed by atoms with E-state index < -0.39 is 11.6 Å². The van der Waals surface area contributed by atoms with Gasteiger partial charge in [-0.2, -0.15) is 4.39 Å². The van der Waals surface area contributed by atoms with Crippen molar-refractivity contribution >= 4 is 0 Å². The number of hydrogen-bond acceptors (Lipinski definition) is 3. The molecule has 5 heteroatoms. The second kappa shape index (κ2) is 5.85. The van der Waals surface area contributed by atoms with Crippen LogP contribution < -0.4 is 10.1 Å². The summed E-state index contributed by atoms with van der Waals surface area (Å²) >= 11 is 0. The minimum absolute atomic E-state index is 0.0896. The average molecular weight is 293 g/mol. The fraction of sp³-hybridized carbons (Fsp3) is 0.375. The monoisotopic (exact) mass is 293 g/mol. The first-order valence-corrected chi connectivity index (χ1v) is 7.02. The zero-order chi connectivity index (χ0) is 14.8. The normalized spacial score (nSPS) is 14.4. The van der Waals surface area contributed by atoms with Crippen LogP contribution in [0.2, 0.25) is 0 Å². The zero-order valence-corrected chi connectivity index (χ0v) is 11.8. The standard InChI is InChI=1S/C16H17F2NO2/c1-10-11(7-13(21-10)8-19-12-5-6-12)9-20-15-4-2-3-14(17)16(15)18/h2-4,7,12,19H,5-6,8-9H2,1H3. The van der Waals surface area contributed by atoms with E-state index in [4.69, 9.17) is 9.15 Å². The van der Waals surface area contributed by atoms with Crippen molar-refractivity contribution in [3.63, 3.8) is 0 Å². The van der Waals surface area contributed by atoms with Gasteiger partial charge in [-0.05, 0) is 38.0 Å². The number of halogens is 2. The Bertz CT molecular complexity index is 635. The third-order valence-electron chi connectivity index (χ3n) is 3.51. The number of nitrogens with one attached hydrogen (secondary N) is 1. The lowest BCUT2D eigenvalue weighted by Crippen LogP contribution is -2.14. The number of furan rings is 1. The van der Waals surface area contributed by atoms with Gasteiger partial charge in [0.25, 0.3) is 0 Å². The van der Waals surface area contributed by atoms with E-state index in [0.29, 0.717) is 12.6 Å². The van der Waals surface area contributed by atoms with Crippen LogP contribution >= 0.6 is 0 Å². The Kier molecular flexibility index (Phi) is 3.92. The maximum Gasteiger partial charge on any atom is 0.200 e. The van der Waals surface area contributed by atoms with Gasteiger partial charge in [-0.15, -0.1) is 0 Å². The summed E-state index contributed by atoms with van der Waals surface area (Å²) in [4.78, 5) is 0. The summed E-state index contributed by atoms with van der Waals surface area (Å²) in [5.41, 5.74) is 0.839. The van der Waals surface area contributed by atoms with Crippen LogP contribution in [0.3, 0.4) is 0 Å². The molecule has 1 heterocycles. The van der Waals surface area contributed by atoms with E-state index in [9.17, 15) is 8.78 Å². The van der Waals surface area contributed by atoms with Gasteiger partial charge < -0.3 is 14.5 Å². The molecule has 21 heavy (non-hydrogen) atoms. The molecule has 0 unspecified atom stereocenters. The van der Waals surface area contributed by atoms with Crippen LogP contribution in [0, 0.1) is 18.6 Å². The molecule has 0 amide bonds. The Morgan fingerprint density at radius 1 is 1.33 bits per heavy atom. The van der Waals surface area contributed by atoms with Crippen molar-refractivity contribution in [2.45, 2.75) is 39.0 Å². The van der Waals surface area contributed by atoms with E-state index in [2.05, 4.69) is 5.32 Å². The molecule has 1 aromatic carbocycles. The highest BCUT2D eigenvalue weighted by molar-refractivity contribution is 5.26. The molecule has 1 fully saturated rings. The van der Waals surface area contributed by atoms with E-state index >= 15 is 0 Å². The molecule has 1 aliphatic carbocycles. The Morgan fingerprint density at radius 2 is 2.14 bits per heavy atom. The smallest absolute Gasteiger partial charge is 0.200 e. The van der Waals surface area contributed by atoms with Crippen LogP contribution in [0.15, 0.2) is 28.7 Å². The maximum atomic E-state index is 13.5. The maximum absolute atomic E-state index is 13.5. The molecular formula is C16H17F2NO2. The van der Waals surface area contributed by atoms with Crippen LogP contribution in [0.4, 0.5) is 8.78 Å². The van der Waals surface area contributed by atoms with E-state index in [0.717, 1.165) is 23.2 Å². The number of aryl methyl sites for hydroxylation is 1. The Labute approximate surface area is 121 Å². The predicted molar refractivity (Wildman–Crippen MR) is 74.0 cm³/mol. The van der Waals surface area contributed by atoms with Gasteiger partial charge in [0.2, 0.25) is 5.82 Å². The Hall–Kier alpha value is -1.88. The molecule has 3 nitrogen and oxygen atoms in total.